The molecule has 0 radical (unpaired) electrons. The van der Waals surface area contributed by atoms with E-state index in [1.54, 1.807) is 0 Å². The van der Waals surface area contributed by atoms with Crippen molar-refractivity contribution in [1.82, 2.24) is 5.32 Å². The van der Waals surface area contributed by atoms with Gasteiger partial charge in [-0.1, -0.05) is 43.2 Å². The molecule has 1 fully saturated rings. The standard InChI is InChI=1S/C18H29NOS/c1-5-19-17-7-6-13(2)11-18(17)21(20)12-16-9-14(3)8-15(4)10-16/h8-10,13,17-19H,5-7,11-12H2,1-4H3. The molecule has 118 valence electrons. The lowest BCUT2D eigenvalue weighted by molar-refractivity contribution is 0.316. The fourth-order valence-electron chi connectivity index (χ4n) is 3.54. The van der Waals surface area contributed by atoms with Gasteiger partial charge in [-0.15, -0.1) is 0 Å². The minimum atomic E-state index is -0.789. The van der Waals surface area contributed by atoms with Gasteiger partial charge in [-0.2, -0.15) is 0 Å². The molecule has 0 amide bonds. The van der Waals surface area contributed by atoms with Crippen LogP contribution in [-0.4, -0.2) is 22.0 Å². The molecule has 3 heteroatoms. The first-order chi connectivity index (χ1) is 9.99. The van der Waals surface area contributed by atoms with Crippen molar-refractivity contribution in [2.45, 2.75) is 64.0 Å². The SMILES string of the molecule is CCNC1CCC(C)CC1S(=O)Cc1cc(C)cc(C)c1. The predicted molar refractivity (Wildman–Crippen MR) is 92.0 cm³/mol. The first-order valence-corrected chi connectivity index (χ1v) is 9.55. The molecule has 0 heterocycles. The molecular formula is C18H29NOS. The lowest BCUT2D eigenvalue weighted by Gasteiger charge is -2.34. The summed E-state index contributed by atoms with van der Waals surface area (Å²) in [5.41, 5.74) is 3.75. The largest absolute Gasteiger partial charge is 0.313 e. The van der Waals surface area contributed by atoms with E-state index in [1.165, 1.54) is 23.1 Å². The van der Waals surface area contributed by atoms with E-state index < -0.39 is 10.8 Å². The molecule has 0 aliphatic heterocycles. The molecule has 0 aromatic heterocycles. The van der Waals surface area contributed by atoms with Crippen molar-refractivity contribution in [3.63, 3.8) is 0 Å². The van der Waals surface area contributed by atoms with Gasteiger partial charge in [0.25, 0.3) is 0 Å². The molecule has 1 aromatic rings. The van der Waals surface area contributed by atoms with Crippen LogP contribution in [-0.2, 0) is 16.6 Å². The van der Waals surface area contributed by atoms with Crippen LogP contribution in [0.5, 0.6) is 0 Å². The summed E-state index contributed by atoms with van der Waals surface area (Å²) in [6, 6.07) is 6.97. The number of hydrogen-bond donors (Lipinski definition) is 1. The highest BCUT2D eigenvalue weighted by Crippen LogP contribution is 2.29. The van der Waals surface area contributed by atoms with Crippen molar-refractivity contribution in [2.75, 3.05) is 6.54 Å². The monoisotopic (exact) mass is 307 g/mol. The Morgan fingerprint density at radius 3 is 2.48 bits per heavy atom. The highest BCUT2D eigenvalue weighted by molar-refractivity contribution is 7.84. The van der Waals surface area contributed by atoms with Gasteiger partial charge >= 0.3 is 0 Å². The Bertz CT molecular complexity index is 480. The van der Waals surface area contributed by atoms with E-state index in [1.807, 2.05) is 0 Å². The summed E-state index contributed by atoms with van der Waals surface area (Å²) in [6.07, 6.45) is 3.52. The van der Waals surface area contributed by atoms with Gasteiger partial charge in [0.15, 0.2) is 0 Å². The number of benzene rings is 1. The molecule has 1 saturated carbocycles. The molecule has 2 nitrogen and oxygen atoms in total. The smallest absolute Gasteiger partial charge is 0.0507 e. The van der Waals surface area contributed by atoms with E-state index in [0.29, 0.717) is 23.0 Å². The lowest BCUT2D eigenvalue weighted by atomic mass is 9.87. The van der Waals surface area contributed by atoms with Crippen molar-refractivity contribution in [3.8, 4) is 0 Å². The maximum Gasteiger partial charge on any atom is 0.0507 e. The Labute approximate surface area is 132 Å². The van der Waals surface area contributed by atoms with Gasteiger partial charge in [-0.05, 0) is 51.1 Å². The van der Waals surface area contributed by atoms with E-state index in [9.17, 15) is 4.21 Å². The molecule has 1 N–H and O–H groups in total. The normalized spacial score (nSPS) is 27.5. The fourth-order valence-corrected chi connectivity index (χ4v) is 5.39. The van der Waals surface area contributed by atoms with Crippen LogP contribution in [0.1, 0.15) is 49.8 Å². The van der Waals surface area contributed by atoms with Crippen LogP contribution in [0.3, 0.4) is 0 Å². The molecule has 0 bridgehead atoms. The second-order valence-electron chi connectivity index (χ2n) is 6.64. The van der Waals surface area contributed by atoms with Gasteiger partial charge in [0, 0.05) is 22.6 Å². The van der Waals surface area contributed by atoms with Crippen LogP contribution < -0.4 is 5.32 Å². The van der Waals surface area contributed by atoms with E-state index in [-0.39, 0.29) is 0 Å². The Hall–Kier alpha value is -0.670. The third kappa shape index (κ3) is 4.65. The molecule has 1 aliphatic rings. The van der Waals surface area contributed by atoms with E-state index in [0.717, 1.165) is 19.4 Å². The summed E-state index contributed by atoms with van der Waals surface area (Å²) in [7, 11) is -0.789. The molecule has 4 unspecified atom stereocenters. The number of aryl methyl sites for hydroxylation is 2. The third-order valence-corrected chi connectivity index (χ3v) is 6.26. The Morgan fingerprint density at radius 1 is 1.19 bits per heavy atom. The summed E-state index contributed by atoms with van der Waals surface area (Å²) in [5, 5.41) is 3.85. The number of rotatable bonds is 5. The summed E-state index contributed by atoms with van der Waals surface area (Å²) >= 11 is 0. The summed E-state index contributed by atoms with van der Waals surface area (Å²) in [4.78, 5) is 0. The lowest BCUT2D eigenvalue weighted by Crippen LogP contribution is -2.46. The fraction of sp³-hybridized carbons (Fsp3) is 0.667. The van der Waals surface area contributed by atoms with Gasteiger partial charge in [-0.3, -0.25) is 4.21 Å². The van der Waals surface area contributed by atoms with Gasteiger partial charge in [-0.25, -0.2) is 0 Å². The molecule has 0 saturated heterocycles. The first kappa shape index (κ1) is 16.7. The summed E-state index contributed by atoms with van der Waals surface area (Å²) < 4.78 is 12.9. The van der Waals surface area contributed by atoms with Gasteiger partial charge in [0.2, 0.25) is 0 Å². The van der Waals surface area contributed by atoms with Crippen LogP contribution in [0, 0.1) is 19.8 Å². The molecule has 2 rings (SSSR count). The Kier molecular flexibility index (Phi) is 6.00. The van der Waals surface area contributed by atoms with E-state index in [4.69, 9.17) is 0 Å². The third-order valence-electron chi connectivity index (χ3n) is 4.45. The van der Waals surface area contributed by atoms with Crippen LogP contribution in [0.4, 0.5) is 0 Å². The van der Waals surface area contributed by atoms with Crippen molar-refractivity contribution >= 4 is 10.8 Å². The van der Waals surface area contributed by atoms with Gasteiger partial charge < -0.3 is 5.32 Å². The second kappa shape index (κ2) is 7.55. The van der Waals surface area contributed by atoms with Crippen LogP contribution in [0.15, 0.2) is 18.2 Å². The van der Waals surface area contributed by atoms with Gasteiger partial charge in [0.05, 0.1) is 5.25 Å². The molecule has 21 heavy (non-hydrogen) atoms. The molecule has 1 aliphatic carbocycles. The Balaban J connectivity index is 2.09. The summed E-state index contributed by atoms with van der Waals surface area (Å²) in [6.45, 7) is 9.63. The number of nitrogens with one attached hydrogen (secondary N) is 1. The zero-order valence-electron chi connectivity index (χ0n) is 13.8. The predicted octanol–water partition coefficient (Wildman–Crippen LogP) is 3.72. The quantitative estimate of drug-likeness (QED) is 0.898. The van der Waals surface area contributed by atoms with Crippen molar-refractivity contribution in [1.29, 1.82) is 0 Å². The highest BCUT2D eigenvalue weighted by Gasteiger charge is 2.32. The maximum atomic E-state index is 12.9. The van der Waals surface area contributed by atoms with Gasteiger partial charge in [0.1, 0.15) is 0 Å². The van der Waals surface area contributed by atoms with Crippen molar-refractivity contribution < 1.29 is 4.21 Å². The molecule has 0 spiro atoms. The molecule has 4 atom stereocenters. The van der Waals surface area contributed by atoms with Crippen LogP contribution >= 0.6 is 0 Å². The first-order valence-electron chi connectivity index (χ1n) is 8.17. The number of hydrogen-bond acceptors (Lipinski definition) is 2. The minimum absolute atomic E-state index is 0.300. The highest BCUT2D eigenvalue weighted by atomic mass is 32.2. The molecule has 1 aromatic carbocycles. The zero-order chi connectivity index (χ0) is 15.4. The minimum Gasteiger partial charge on any atom is -0.313 e. The molecular weight excluding hydrogens is 278 g/mol. The second-order valence-corrected chi connectivity index (χ2v) is 8.30. The van der Waals surface area contributed by atoms with Crippen molar-refractivity contribution in [3.05, 3.63) is 34.9 Å². The van der Waals surface area contributed by atoms with E-state index >= 15 is 0 Å². The van der Waals surface area contributed by atoms with Crippen LogP contribution in [0.25, 0.3) is 0 Å². The van der Waals surface area contributed by atoms with Crippen molar-refractivity contribution in [2.24, 2.45) is 5.92 Å². The topological polar surface area (TPSA) is 29.1 Å². The average Bonchev–Trinajstić information content (AvgIpc) is 2.39. The zero-order valence-corrected chi connectivity index (χ0v) is 14.6. The summed E-state index contributed by atoms with van der Waals surface area (Å²) in [5.74, 6) is 1.40. The van der Waals surface area contributed by atoms with Crippen LogP contribution in [0.2, 0.25) is 0 Å². The Morgan fingerprint density at radius 2 is 1.86 bits per heavy atom. The van der Waals surface area contributed by atoms with E-state index in [2.05, 4.69) is 51.2 Å². The maximum absolute atomic E-state index is 12.9. The average molecular weight is 308 g/mol.